The van der Waals surface area contributed by atoms with E-state index in [1.165, 1.54) is 0 Å². The highest BCUT2D eigenvalue weighted by atomic mass is 35.5. The molecule has 0 bridgehead atoms. The molecule has 0 aromatic heterocycles. The molecule has 1 saturated heterocycles. The van der Waals surface area contributed by atoms with Gasteiger partial charge in [-0.15, -0.1) is 0 Å². The minimum Gasteiger partial charge on any atom is -0.496 e. The first-order valence-electron chi connectivity index (χ1n) is 7.49. The molecule has 118 valence electrons. The fraction of sp³-hybridized carbons (Fsp3) is 0.625. The fourth-order valence-electron chi connectivity index (χ4n) is 2.59. The smallest absolute Gasteiger partial charge is 0.124 e. The van der Waals surface area contributed by atoms with Gasteiger partial charge < -0.3 is 14.8 Å². The standard InChI is InChI=1S/C16H25ClN2O2/c1-12(2)19-7-8-21-13(11-19)9-18-10-14-15(17)5-4-6-16(14)20-3/h4-6,12-13,18H,7-11H2,1-3H3. The molecule has 1 fully saturated rings. The van der Waals surface area contributed by atoms with Gasteiger partial charge in [-0.05, 0) is 26.0 Å². The van der Waals surface area contributed by atoms with Crippen molar-refractivity contribution in [1.29, 1.82) is 0 Å². The Labute approximate surface area is 132 Å². The number of methoxy groups -OCH3 is 1. The quantitative estimate of drug-likeness (QED) is 0.875. The molecule has 1 aromatic carbocycles. The summed E-state index contributed by atoms with van der Waals surface area (Å²) >= 11 is 6.23. The molecule has 1 unspecified atom stereocenters. The first-order chi connectivity index (χ1) is 10.1. The largest absolute Gasteiger partial charge is 0.496 e. The molecule has 1 aliphatic heterocycles. The minimum atomic E-state index is 0.231. The van der Waals surface area contributed by atoms with Gasteiger partial charge in [-0.3, -0.25) is 4.90 Å². The van der Waals surface area contributed by atoms with Gasteiger partial charge in [-0.1, -0.05) is 17.7 Å². The second kappa shape index (κ2) is 7.99. The minimum absolute atomic E-state index is 0.231. The average molecular weight is 313 g/mol. The number of rotatable bonds is 6. The lowest BCUT2D eigenvalue weighted by Gasteiger charge is -2.35. The van der Waals surface area contributed by atoms with Crippen LogP contribution in [0.15, 0.2) is 18.2 Å². The van der Waals surface area contributed by atoms with Crippen LogP contribution in [0.4, 0.5) is 0 Å². The zero-order valence-electron chi connectivity index (χ0n) is 13.1. The van der Waals surface area contributed by atoms with E-state index in [0.29, 0.717) is 12.6 Å². The Morgan fingerprint density at radius 1 is 1.48 bits per heavy atom. The van der Waals surface area contributed by atoms with Crippen LogP contribution in [0.3, 0.4) is 0 Å². The van der Waals surface area contributed by atoms with Crippen LogP contribution in [0.1, 0.15) is 19.4 Å². The summed E-state index contributed by atoms with van der Waals surface area (Å²) in [5.74, 6) is 0.823. The van der Waals surface area contributed by atoms with Gasteiger partial charge in [-0.25, -0.2) is 0 Å². The summed E-state index contributed by atoms with van der Waals surface area (Å²) < 4.78 is 11.2. The number of morpholine rings is 1. The predicted molar refractivity (Wildman–Crippen MR) is 86.2 cm³/mol. The van der Waals surface area contributed by atoms with Gasteiger partial charge >= 0.3 is 0 Å². The summed E-state index contributed by atoms with van der Waals surface area (Å²) in [5, 5.41) is 4.16. The number of ether oxygens (including phenoxy) is 2. The van der Waals surface area contributed by atoms with Crippen molar-refractivity contribution in [3.63, 3.8) is 0 Å². The van der Waals surface area contributed by atoms with Crippen molar-refractivity contribution in [3.8, 4) is 5.75 Å². The predicted octanol–water partition coefficient (Wildman–Crippen LogP) is 2.55. The van der Waals surface area contributed by atoms with Crippen LogP contribution in [0, 0.1) is 0 Å². The van der Waals surface area contributed by atoms with E-state index in [-0.39, 0.29) is 6.10 Å². The first-order valence-corrected chi connectivity index (χ1v) is 7.87. The Kier molecular flexibility index (Phi) is 6.30. The molecule has 4 nitrogen and oxygen atoms in total. The van der Waals surface area contributed by atoms with Crippen molar-refractivity contribution in [2.45, 2.75) is 32.5 Å². The van der Waals surface area contributed by atoms with E-state index in [0.717, 1.165) is 42.6 Å². The maximum Gasteiger partial charge on any atom is 0.124 e. The molecule has 1 N–H and O–H groups in total. The number of nitrogens with zero attached hydrogens (tertiary/aromatic N) is 1. The normalized spacial score (nSPS) is 20.0. The zero-order valence-corrected chi connectivity index (χ0v) is 13.8. The highest BCUT2D eigenvalue weighted by Gasteiger charge is 2.21. The van der Waals surface area contributed by atoms with Crippen LogP contribution < -0.4 is 10.1 Å². The van der Waals surface area contributed by atoms with E-state index in [4.69, 9.17) is 21.1 Å². The zero-order chi connectivity index (χ0) is 15.2. The van der Waals surface area contributed by atoms with Crippen LogP contribution in [-0.4, -0.2) is 50.4 Å². The van der Waals surface area contributed by atoms with Gasteiger partial charge in [0.25, 0.3) is 0 Å². The Morgan fingerprint density at radius 3 is 3.00 bits per heavy atom. The molecule has 0 amide bonds. The number of benzene rings is 1. The molecule has 1 aromatic rings. The molecule has 1 heterocycles. The molecule has 1 aliphatic rings. The summed E-state index contributed by atoms with van der Waals surface area (Å²) in [6, 6.07) is 6.29. The third kappa shape index (κ3) is 4.58. The number of nitrogens with one attached hydrogen (secondary N) is 1. The lowest BCUT2D eigenvalue weighted by atomic mass is 10.2. The molecule has 0 spiro atoms. The Hall–Kier alpha value is -0.810. The van der Waals surface area contributed by atoms with Crippen molar-refractivity contribution >= 4 is 11.6 Å². The third-order valence-electron chi connectivity index (χ3n) is 3.87. The van der Waals surface area contributed by atoms with Crippen molar-refractivity contribution in [1.82, 2.24) is 10.2 Å². The van der Waals surface area contributed by atoms with Gasteiger partial charge in [-0.2, -0.15) is 0 Å². The van der Waals surface area contributed by atoms with Gasteiger partial charge in [0.15, 0.2) is 0 Å². The maximum absolute atomic E-state index is 6.23. The lowest BCUT2D eigenvalue weighted by Crippen LogP contribution is -2.48. The summed E-state index contributed by atoms with van der Waals surface area (Å²) in [5.41, 5.74) is 0.998. The van der Waals surface area contributed by atoms with E-state index in [2.05, 4.69) is 24.1 Å². The molecular weight excluding hydrogens is 288 g/mol. The van der Waals surface area contributed by atoms with Crippen LogP contribution >= 0.6 is 11.6 Å². The van der Waals surface area contributed by atoms with Crippen LogP contribution in [0.5, 0.6) is 5.75 Å². The number of hydrogen-bond acceptors (Lipinski definition) is 4. The second-order valence-electron chi connectivity index (χ2n) is 5.63. The van der Waals surface area contributed by atoms with Crippen LogP contribution in [0.25, 0.3) is 0 Å². The topological polar surface area (TPSA) is 33.7 Å². The van der Waals surface area contributed by atoms with Crippen molar-refractivity contribution in [2.75, 3.05) is 33.4 Å². The van der Waals surface area contributed by atoms with Gasteiger partial charge in [0.2, 0.25) is 0 Å². The van der Waals surface area contributed by atoms with Gasteiger partial charge in [0.05, 0.1) is 19.8 Å². The lowest BCUT2D eigenvalue weighted by molar-refractivity contribution is -0.0372. The molecule has 21 heavy (non-hydrogen) atoms. The molecule has 1 atom stereocenters. The van der Waals surface area contributed by atoms with Gasteiger partial charge in [0, 0.05) is 42.8 Å². The Bertz CT molecular complexity index is 454. The summed E-state index contributed by atoms with van der Waals surface area (Å²) in [4.78, 5) is 2.45. The van der Waals surface area contributed by atoms with E-state index >= 15 is 0 Å². The average Bonchev–Trinajstić information content (AvgIpc) is 2.49. The molecule has 2 rings (SSSR count). The molecule has 0 saturated carbocycles. The highest BCUT2D eigenvalue weighted by molar-refractivity contribution is 6.31. The van der Waals surface area contributed by atoms with Crippen molar-refractivity contribution < 1.29 is 9.47 Å². The number of halogens is 1. The van der Waals surface area contributed by atoms with Crippen LogP contribution in [0.2, 0.25) is 5.02 Å². The van der Waals surface area contributed by atoms with E-state index < -0.39 is 0 Å². The fourth-order valence-corrected chi connectivity index (χ4v) is 2.83. The Balaban J connectivity index is 1.84. The highest BCUT2D eigenvalue weighted by Crippen LogP contribution is 2.25. The van der Waals surface area contributed by atoms with Gasteiger partial charge in [0.1, 0.15) is 5.75 Å². The van der Waals surface area contributed by atoms with E-state index in [1.807, 2.05) is 18.2 Å². The SMILES string of the molecule is COc1cccc(Cl)c1CNCC1CN(C(C)C)CCO1. The summed E-state index contributed by atoms with van der Waals surface area (Å²) in [7, 11) is 1.67. The molecule has 5 heteroatoms. The third-order valence-corrected chi connectivity index (χ3v) is 4.22. The molecule has 0 radical (unpaired) electrons. The molecular formula is C16H25ClN2O2. The van der Waals surface area contributed by atoms with Crippen molar-refractivity contribution in [2.24, 2.45) is 0 Å². The first kappa shape index (κ1) is 16.6. The monoisotopic (exact) mass is 312 g/mol. The second-order valence-corrected chi connectivity index (χ2v) is 6.04. The van der Waals surface area contributed by atoms with E-state index in [9.17, 15) is 0 Å². The summed E-state index contributed by atoms with van der Waals surface area (Å²) in [6.07, 6.45) is 0.231. The van der Waals surface area contributed by atoms with Crippen LogP contribution in [-0.2, 0) is 11.3 Å². The maximum atomic E-state index is 6.23. The molecule has 0 aliphatic carbocycles. The summed E-state index contributed by atoms with van der Waals surface area (Å²) in [6.45, 7) is 8.76. The van der Waals surface area contributed by atoms with Crippen molar-refractivity contribution in [3.05, 3.63) is 28.8 Å². The van der Waals surface area contributed by atoms with E-state index in [1.54, 1.807) is 7.11 Å². The number of hydrogen-bond donors (Lipinski definition) is 1. The Morgan fingerprint density at radius 2 is 2.29 bits per heavy atom.